The number of imidazole rings is 1. The molecule has 0 saturated carbocycles. The first-order valence-electron chi connectivity index (χ1n) is 8.58. The molecule has 0 radical (unpaired) electrons. The second-order valence-corrected chi connectivity index (χ2v) is 8.03. The van der Waals surface area contributed by atoms with Gasteiger partial charge in [-0.1, -0.05) is 46.3 Å². The van der Waals surface area contributed by atoms with Gasteiger partial charge in [-0.2, -0.15) is 0 Å². The van der Waals surface area contributed by atoms with E-state index in [0.29, 0.717) is 6.54 Å². The minimum atomic E-state index is -0.301. The van der Waals surface area contributed by atoms with E-state index in [4.69, 9.17) is 0 Å². The molecule has 0 aliphatic heterocycles. The van der Waals surface area contributed by atoms with Gasteiger partial charge in [0.05, 0.1) is 0 Å². The molecular weight excluding hydrogens is 424 g/mol. The van der Waals surface area contributed by atoms with Crippen molar-refractivity contribution < 1.29 is 4.79 Å². The zero-order valence-electron chi connectivity index (χ0n) is 14.9. The number of aryl methyl sites for hydroxylation is 1. The van der Waals surface area contributed by atoms with E-state index < -0.39 is 0 Å². The van der Waals surface area contributed by atoms with E-state index in [-0.39, 0.29) is 12.1 Å². The number of nitrogens with one attached hydrogen (secondary N) is 2. The van der Waals surface area contributed by atoms with Gasteiger partial charge < -0.3 is 15.2 Å². The van der Waals surface area contributed by atoms with Crippen LogP contribution in [0, 0.1) is 0 Å². The van der Waals surface area contributed by atoms with Gasteiger partial charge >= 0.3 is 6.03 Å². The van der Waals surface area contributed by atoms with Crippen LogP contribution >= 0.6 is 27.7 Å². The summed E-state index contributed by atoms with van der Waals surface area (Å²) in [5.41, 5.74) is 0.992. The van der Waals surface area contributed by atoms with Gasteiger partial charge in [-0.25, -0.2) is 9.78 Å². The number of rotatable bonds is 7. The maximum Gasteiger partial charge on any atom is 0.315 e. The first kappa shape index (κ1) is 19.5. The van der Waals surface area contributed by atoms with Crippen molar-refractivity contribution in [1.29, 1.82) is 0 Å². The summed E-state index contributed by atoms with van der Waals surface area (Å²) in [6, 6.07) is 17.5. The van der Waals surface area contributed by atoms with Crippen molar-refractivity contribution in [2.45, 2.75) is 10.9 Å². The summed E-state index contributed by atoms with van der Waals surface area (Å²) in [6.45, 7) is 0.578. The van der Waals surface area contributed by atoms with Gasteiger partial charge in [0.1, 0.15) is 11.9 Å². The third-order valence-electron chi connectivity index (χ3n) is 3.99. The Morgan fingerprint density at radius 3 is 2.59 bits per heavy atom. The molecular formula is C20H21BrN4OS. The SMILES string of the molecule is Cn1ccnc1[C@H](NC(=O)NCCSc1ccc(Br)cc1)c1ccccc1. The third kappa shape index (κ3) is 5.61. The van der Waals surface area contributed by atoms with Crippen LogP contribution in [0.4, 0.5) is 4.79 Å². The largest absolute Gasteiger partial charge is 0.337 e. The molecule has 1 heterocycles. The molecule has 0 spiro atoms. The van der Waals surface area contributed by atoms with Gasteiger partial charge in [0, 0.05) is 41.1 Å². The Morgan fingerprint density at radius 2 is 1.93 bits per heavy atom. The lowest BCUT2D eigenvalue weighted by atomic mass is 10.1. The minimum Gasteiger partial charge on any atom is -0.337 e. The molecule has 2 amide bonds. The molecule has 3 rings (SSSR count). The molecule has 1 atom stereocenters. The maximum atomic E-state index is 12.4. The summed E-state index contributed by atoms with van der Waals surface area (Å²) >= 11 is 5.14. The molecule has 0 unspecified atom stereocenters. The lowest BCUT2D eigenvalue weighted by Gasteiger charge is -2.19. The lowest BCUT2D eigenvalue weighted by Crippen LogP contribution is -2.40. The van der Waals surface area contributed by atoms with E-state index in [0.717, 1.165) is 21.6 Å². The molecule has 0 aliphatic rings. The number of nitrogens with zero attached hydrogens (tertiary/aromatic N) is 2. The standard InChI is InChI=1S/C20H21BrN4OS/c1-25-13-11-22-19(25)18(15-5-3-2-4-6-15)24-20(26)23-12-14-27-17-9-7-16(21)8-10-17/h2-11,13,18H,12,14H2,1H3,(H2,23,24,26)/t18-/m1/s1. The Hall–Kier alpha value is -2.25. The minimum absolute atomic E-state index is 0.205. The highest BCUT2D eigenvalue weighted by molar-refractivity contribution is 9.10. The number of carbonyl (C=O) groups excluding carboxylic acids is 1. The molecule has 5 nitrogen and oxygen atoms in total. The number of carbonyl (C=O) groups is 1. The summed E-state index contributed by atoms with van der Waals surface area (Å²) in [4.78, 5) is 18.0. The number of hydrogen-bond acceptors (Lipinski definition) is 3. The predicted molar refractivity (Wildman–Crippen MR) is 113 cm³/mol. The second-order valence-electron chi connectivity index (χ2n) is 5.94. The van der Waals surface area contributed by atoms with Gasteiger partial charge in [0.2, 0.25) is 0 Å². The van der Waals surface area contributed by atoms with E-state index in [9.17, 15) is 4.79 Å². The molecule has 0 fully saturated rings. The van der Waals surface area contributed by atoms with Crippen molar-refractivity contribution >= 4 is 33.7 Å². The molecule has 0 bridgehead atoms. The van der Waals surface area contributed by atoms with Crippen LogP contribution in [0.5, 0.6) is 0 Å². The molecule has 7 heteroatoms. The van der Waals surface area contributed by atoms with Crippen LogP contribution in [-0.2, 0) is 7.05 Å². The van der Waals surface area contributed by atoms with Crippen molar-refractivity contribution in [3.05, 3.63) is 82.9 Å². The highest BCUT2D eigenvalue weighted by Crippen LogP contribution is 2.21. The first-order chi connectivity index (χ1) is 13.1. The van der Waals surface area contributed by atoms with Crippen LogP contribution in [-0.4, -0.2) is 27.9 Å². The summed E-state index contributed by atoms with van der Waals surface area (Å²) < 4.78 is 2.98. The quantitative estimate of drug-likeness (QED) is 0.420. The van der Waals surface area contributed by atoms with E-state index in [2.05, 4.69) is 43.7 Å². The molecule has 27 heavy (non-hydrogen) atoms. The molecule has 0 aliphatic carbocycles. The van der Waals surface area contributed by atoms with E-state index in [1.807, 2.05) is 60.3 Å². The fourth-order valence-electron chi connectivity index (χ4n) is 2.64. The van der Waals surface area contributed by atoms with Gasteiger partial charge in [-0.15, -0.1) is 11.8 Å². The van der Waals surface area contributed by atoms with Crippen molar-refractivity contribution in [1.82, 2.24) is 20.2 Å². The van der Waals surface area contributed by atoms with Crippen molar-refractivity contribution in [3.63, 3.8) is 0 Å². The van der Waals surface area contributed by atoms with Gasteiger partial charge in [-0.3, -0.25) is 0 Å². The van der Waals surface area contributed by atoms with Crippen LogP contribution in [0.1, 0.15) is 17.4 Å². The summed E-state index contributed by atoms with van der Waals surface area (Å²) in [7, 11) is 1.92. The summed E-state index contributed by atoms with van der Waals surface area (Å²) in [5.74, 6) is 1.59. The maximum absolute atomic E-state index is 12.4. The number of urea groups is 1. The van der Waals surface area contributed by atoms with Crippen LogP contribution < -0.4 is 10.6 Å². The number of amides is 2. The topological polar surface area (TPSA) is 59.0 Å². The van der Waals surface area contributed by atoms with Gasteiger partial charge in [0.15, 0.2) is 0 Å². The van der Waals surface area contributed by atoms with Gasteiger partial charge in [0.25, 0.3) is 0 Å². The van der Waals surface area contributed by atoms with Crippen LogP contribution in [0.15, 0.2) is 76.4 Å². The van der Waals surface area contributed by atoms with Crippen LogP contribution in [0.2, 0.25) is 0 Å². The molecule has 1 aromatic heterocycles. The fraction of sp³-hybridized carbons (Fsp3) is 0.200. The number of aromatic nitrogens is 2. The summed E-state index contributed by atoms with van der Waals surface area (Å²) in [6.07, 6.45) is 3.61. The molecule has 140 valence electrons. The van der Waals surface area contributed by atoms with E-state index in [1.165, 1.54) is 4.90 Å². The number of hydrogen-bond donors (Lipinski definition) is 2. The Bertz CT molecular complexity index is 867. The lowest BCUT2D eigenvalue weighted by molar-refractivity contribution is 0.238. The number of benzene rings is 2. The molecule has 2 N–H and O–H groups in total. The Kier molecular flexibility index (Phi) is 6.95. The second kappa shape index (κ2) is 9.62. The Morgan fingerprint density at radius 1 is 1.19 bits per heavy atom. The first-order valence-corrected chi connectivity index (χ1v) is 10.4. The zero-order valence-corrected chi connectivity index (χ0v) is 17.3. The molecule has 3 aromatic rings. The molecule has 0 saturated heterocycles. The van der Waals surface area contributed by atoms with Crippen LogP contribution in [0.25, 0.3) is 0 Å². The van der Waals surface area contributed by atoms with E-state index in [1.54, 1.807) is 18.0 Å². The van der Waals surface area contributed by atoms with E-state index >= 15 is 0 Å². The summed E-state index contributed by atoms with van der Waals surface area (Å²) in [5, 5.41) is 5.96. The average molecular weight is 445 g/mol. The third-order valence-corrected chi connectivity index (χ3v) is 5.54. The highest BCUT2D eigenvalue weighted by Gasteiger charge is 2.20. The molecule has 2 aromatic carbocycles. The Labute approximate surface area is 171 Å². The number of thioether (sulfide) groups is 1. The average Bonchev–Trinajstić information content (AvgIpc) is 3.11. The monoisotopic (exact) mass is 444 g/mol. The Balaban J connectivity index is 1.55. The smallest absolute Gasteiger partial charge is 0.315 e. The zero-order chi connectivity index (χ0) is 19.1. The fourth-order valence-corrected chi connectivity index (χ4v) is 3.68. The van der Waals surface area contributed by atoms with Crippen molar-refractivity contribution in [2.24, 2.45) is 7.05 Å². The van der Waals surface area contributed by atoms with Crippen molar-refractivity contribution in [3.8, 4) is 0 Å². The number of halogens is 1. The van der Waals surface area contributed by atoms with Crippen LogP contribution in [0.3, 0.4) is 0 Å². The highest BCUT2D eigenvalue weighted by atomic mass is 79.9. The van der Waals surface area contributed by atoms with Crippen molar-refractivity contribution in [2.75, 3.05) is 12.3 Å². The normalized spacial score (nSPS) is 11.8. The van der Waals surface area contributed by atoms with Gasteiger partial charge in [-0.05, 0) is 29.8 Å². The predicted octanol–water partition coefficient (Wildman–Crippen LogP) is 4.36.